The van der Waals surface area contributed by atoms with Crippen LogP contribution >= 0.6 is 11.6 Å². The van der Waals surface area contributed by atoms with E-state index in [-0.39, 0.29) is 11.9 Å². The number of anilines is 2. The van der Waals surface area contributed by atoms with Gasteiger partial charge in [0.1, 0.15) is 0 Å². The first-order valence-corrected chi connectivity index (χ1v) is 6.76. The molecule has 6 heteroatoms. The van der Waals surface area contributed by atoms with Crippen molar-refractivity contribution in [2.45, 2.75) is 6.10 Å². The number of alkyl halides is 1. The molecule has 5 nitrogen and oxygen atoms in total. The van der Waals surface area contributed by atoms with Gasteiger partial charge in [-0.25, -0.2) is 4.79 Å². The molecule has 1 fully saturated rings. The van der Waals surface area contributed by atoms with E-state index in [0.717, 1.165) is 17.9 Å². The third kappa shape index (κ3) is 3.30. The van der Waals surface area contributed by atoms with Crippen molar-refractivity contribution in [3.8, 4) is 0 Å². The van der Waals surface area contributed by atoms with E-state index in [9.17, 15) is 9.90 Å². The van der Waals surface area contributed by atoms with Gasteiger partial charge in [-0.15, -0.1) is 11.6 Å². The third-order valence-electron chi connectivity index (χ3n) is 3.12. The molecule has 2 rings (SSSR count). The number of aliphatic hydroxyl groups is 1. The molecule has 0 aliphatic carbocycles. The number of aliphatic hydroxyl groups excluding tert-OH is 1. The lowest BCUT2D eigenvalue weighted by Gasteiger charge is -2.17. The summed E-state index contributed by atoms with van der Waals surface area (Å²) in [5.74, 6) is 0.208. The highest BCUT2D eigenvalue weighted by Crippen LogP contribution is 2.21. The normalized spacial score (nSPS) is 16.9. The maximum atomic E-state index is 11.8. The van der Waals surface area contributed by atoms with Crippen molar-refractivity contribution < 1.29 is 9.90 Å². The number of amides is 2. The highest BCUT2D eigenvalue weighted by Gasteiger charge is 2.26. The summed E-state index contributed by atoms with van der Waals surface area (Å²) in [5, 5.41) is 12.4. The first-order chi connectivity index (χ1) is 9.11. The van der Waals surface area contributed by atoms with E-state index in [4.69, 9.17) is 11.6 Å². The SMILES string of the molecule is CN1CCN(c2ccc(NCC(O)CCl)cc2)C1=O. The zero-order valence-corrected chi connectivity index (χ0v) is 11.6. The highest BCUT2D eigenvalue weighted by atomic mass is 35.5. The van der Waals surface area contributed by atoms with Gasteiger partial charge in [-0.2, -0.15) is 0 Å². The van der Waals surface area contributed by atoms with Gasteiger partial charge in [0.15, 0.2) is 0 Å². The molecule has 1 aliphatic heterocycles. The van der Waals surface area contributed by atoms with Gasteiger partial charge in [0.25, 0.3) is 0 Å². The van der Waals surface area contributed by atoms with Gasteiger partial charge >= 0.3 is 6.03 Å². The van der Waals surface area contributed by atoms with Crippen molar-refractivity contribution in [2.24, 2.45) is 0 Å². The molecule has 104 valence electrons. The number of likely N-dealkylation sites (N-methyl/N-ethyl adjacent to an activating group) is 1. The molecule has 0 spiro atoms. The number of carbonyl (C=O) groups is 1. The average molecular weight is 284 g/mol. The third-order valence-corrected chi connectivity index (χ3v) is 3.47. The van der Waals surface area contributed by atoms with Gasteiger partial charge in [-0.05, 0) is 24.3 Å². The number of nitrogens with one attached hydrogen (secondary N) is 1. The molecule has 0 bridgehead atoms. The Kier molecular flexibility index (Phi) is 4.50. The number of nitrogens with zero attached hydrogens (tertiary/aromatic N) is 2. The van der Waals surface area contributed by atoms with Crippen LogP contribution in [0.25, 0.3) is 0 Å². The molecule has 1 aliphatic rings. The summed E-state index contributed by atoms with van der Waals surface area (Å²) >= 11 is 5.52. The van der Waals surface area contributed by atoms with Gasteiger partial charge in [-0.3, -0.25) is 4.90 Å². The van der Waals surface area contributed by atoms with E-state index in [1.807, 2.05) is 24.3 Å². The maximum Gasteiger partial charge on any atom is 0.324 e. The van der Waals surface area contributed by atoms with Crippen LogP contribution in [0.2, 0.25) is 0 Å². The van der Waals surface area contributed by atoms with Gasteiger partial charge in [0.2, 0.25) is 0 Å². The van der Waals surface area contributed by atoms with Gasteiger partial charge in [0, 0.05) is 38.1 Å². The predicted octanol–water partition coefficient (Wildman–Crippen LogP) is 1.57. The fourth-order valence-electron chi connectivity index (χ4n) is 1.94. The van der Waals surface area contributed by atoms with Crippen LogP contribution in [0.3, 0.4) is 0 Å². The van der Waals surface area contributed by atoms with E-state index in [0.29, 0.717) is 13.1 Å². The molecule has 2 amide bonds. The van der Waals surface area contributed by atoms with Crippen molar-refractivity contribution in [3.63, 3.8) is 0 Å². The molecule has 2 N–H and O–H groups in total. The number of halogens is 1. The van der Waals surface area contributed by atoms with Crippen LogP contribution in [-0.4, -0.2) is 54.7 Å². The molecule has 1 saturated heterocycles. The number of hydrogen-bond donors (Lipinski definition) is 2. The minimum Gasteiger partial charge on any atom is -0.390 e. The molecule has 1 aromatic carbocycles. The lowest BCUT2D eigenvalue weighted by Crippen LogP contribution is -2.29. The topological polar surface area (TPSA) is 55.8 Å². The number of hydrogen-bond acceptors (Lipinski definition) is 3. The van der Waals surface area contributed by atoms with Crippen molar-refractivity contribution in [3.05, 3.63) is 24.3 Å². The second kappa shape index (κ2) is 6.12. The minimum atomic E-state index is -0.560. The average Bonchev–Trinajstić information content (AvgIpc) is 2.77. The Bertz CT molecular complexity index is 438. The van der Waals surface area contributed by atoms with E-state index < -0.39 is 6.10 Å². The number of urea groups is 1. The fraction of sp³-hybridized carbons (Fsp3) is 0.462. The molecule has 1 unspecified atom stereocenters. The molecule has 1 aromatic rings. The monoisotopic (exact) mass is 283 g/mol. The molecule has 1 heterocycles. The highest BCUT2D eigenvalue weighted by molar-refractivity contribution is 6.18. The van der Waals surface area contributed by atoms with E-state index in [1.54, 1.807) is 16.8 Å². The van der Waals surface area contributed by atoms with Crippen LogP contribution in [0.15, 0.2) is 24.3 Å². The summed E-state index contributed by atoms with van der Waals surface area (Å²) < 4.78 is 0. The second-order valence-electron chi connectivity index (χ2n) is 4.59. The zero-order chi connectivity index (χ0) is 13.8. The Balaban J connectivity index is 1.97. The first kappa shape index (κ1) is 14.0. The van der Waals surface area contributed by atoms with E-state index in [2.05, 4.69) is 5.32 Å². The van der Waals surface area contributed by atoms with Gasteiger partial charge in [0.05, 0.1) is 12.0 Å². The van der Waals surface area contributed by atoms with E-state index in [1.165, 1.54) is 0 Å². The molecular weight excluding hydrogens is 266 g/mol. The molecule has 0 radical (unpaired) electrons. The summed E-state index contributed by atoms with van der Waals surface area (Å²) in [5.41, 5.74) is 1.78. The lowest BCUT2D eigenvalue weighted by atomic mass is 10.2. The Hall–Kier alpha value is -1.46. The Labute approximate surface area is 117 Å². The fourth-order valence-corrected chi connectivity index (χ4v) is 2.05. The number of benzene rings is 1. The van der Waals surface area contributed by atoms with Gasteiger partial charge in [-0.1, -0.05) is 0 Å². The Morgan fingerprint density at radius 1 is 1.37 bits per heavy atom. The van der Waals surface area contributed by atoms with Crippen LogP contribution < -0.4 is 10.2 Å². The van der Waals surface area contributed by atoms with E-state index >= 15 is 0 Å². The van der Waals surface area contributed by atoms with Crippen LogP contribution in [-0.2, 0) is 0 Å². The maximum absolute atomic E-state index is 11.8. The van der Waals surface area contributed by atoms with Crippen LogP contribution in [0.1, 0.15) is 0 Å². The Morgan fingerprint density at radius 3 is 2.58 bits per heavy atom. The molecule has 0 saturated carbocycles. The van der Waals surface area contributed by atoms with Crippen molar-refractivity contribution in [2.75, 3.05) is 42.8 Å². The van der Waals surface area contributed by atoms with Crippen molar-refractivity contribution in [1.29, 1.82) is 0 Å². The molecular formula is C13H18ClN3O2. The lowest BCUT2D eigenvalue weighted by molar-refractivity contribution is 0.211. The summed E-state index contributed by atoms with van der Waals surface area (Å²) in [6.45, 7) is 1.88. The first-order valence-electron chi connectivity index (χ1n) is 6.22. The molecule has 19 heavy (non-hydrogen) atoms. The van der Waals surface area contributed by atoms with Crippen LogP contribution in [0.4, 0.5) is 16.2 Å². The largest absolute Gasteiger partial charge is 0.390 e. The summed E-state index contributed by atoms with van der Waals surface area (Å²) in [4.78, 5) is 15.3. The standard InChI is InChI=1S/C13H18ClN3O2/c1-16-6-7-17(13(16)19)11-4-2-10(3-5-11)15-9-12(18)8-14/h2-5,12,15,18H,6-9H2,1H3. The summed E-state index contributed by atoms with van der Waals surface area (Å²) in [6.07, 6.45) is -0.560. The number of carbonyl (C=O) groups excluding carboxylic acids is 1. The van der Waals surface area contributed by atoms with Crippen molar-refractivity contribution in [1.82, 2.24) is 4.90 Å². The predicted molar refractivity (Wildman–Crippen MR) is 77.0 cm³/mol. The quantitative estimate of drug-likeness (QED) is 0.807. The van der Waals surface area contributed by atoms with Crippen molar-refractivity contribution >= 4 is 29.0 Å². The summed E-state index contributed by atoms with van der Waals surface area (Å²) in [6, 6.07) is 7.60. The van der Waals surface area contributed by atoms with Crippen LogP contribution in [0, 0.1) is 0 Å². The molecule has 0 aromatic heterocycles. The zero-order valence-electron chi connectivity index (χ0n) is 10.8. The second-order valence-corrected chi connectivity index (χ2v) is 4.90. The summed E-state index contributed by atoms with van der Waals surface area (Å²) in [7, 11) is 1.80. The van der Waals surface area contributed by atoms with Crippen LogP contribution in [0.5, 0.6) is 0 Å². The Morgan fingerprint density at radius 2 is 2.05 bits per heavy atom. The number of rotatable bonds is 5. The van der Waals surface area contributed by atoms with Gasteiger partial charge < -0.3 is 15.3 Å². The smallest absolute Gasteiger partial charge is 0.324 e. The minimum absolute atomic E-state index is 0.0262. The molecule has 1 atom stereocenters.